The molecule has 0 saturated heterocycles. The van der Waals surface area contributed by atoms with Crippen molar-refractivity contribution in [3.05, 3.63) is 34.4 Å². The van der Waals surface area contributed by atoms with Gasteiger partial charge >= 0.3 is 0 Å². The number of aryl methyl sites for hydroxylation is 1. The average molecular weight is 206 g/mol. The van der Waals surface area contributed by atoms with Gasteiger partial charge in [-0.2, -0.15) is 0 Å². The van der Waals surface area contributed by atoms with E-state index in [1.807, 2.05) is 19.1 Å². The predicted octanol–water partition coefficient (Wildman–Crippen LogP) is 2.01. The van der Waals surface area contributed by atoms with Gasteiger partial charge in [0, 0.05) is 22.8 Å². The number of pyridine rings is 1. The van der Waals surface area contributed by atoms with E-state index >= 15 is 0 Å². The first-order chi connectivity index (χ1) is 6.81. The van der Waals surface area contributed by atoms with Crippen molar-refractivity contribution in [1.82, 2.24) is 9.97 Å². The van der Waals surface area contributed by atoms with E-state index in [1.54, 1.807) is 12.4 Å². The van der Waals surface area contributed by atoms with E-state index in [1.165, 1.54) is 11.3 Å². The van der Waals surface area contributed by atoms with E-state index < -0.39 is 0 Å². The highest BCUT2D eigenvalue weighted by Gasteiger charge is 2.08. The molecule has 14 heavy (non-hydrogen) atoms. The molecule has 2 rings (SSSR count). The van der Waals surface area contributed by atoms with Gasteiger partial charge in [-0.15, -0.1) is 11.3 Å². The van der Waals surface area contributed by atoms with Crippen LogP contribution in [0.3, 0.4) is 0 Å². The smallest absolute Gasteiger partial charge is 0.119 e. The summed E-state index contributed by atoms with van der Waals surface area (Å²) >= 11 is 1.52. The summed E-state index contributed by atoms with van der Waals surface area (Å²) < 4.78 is 0. The molecule has 0 fully saturated rings. The molecule has 0 aliphatic carbocycles. The second-order valence-corrected chi connectivity index (χ2v) is 4.20. The fourth-order valence-corrected chi connectivity index (χ4v) is 2.10. The summed E-state index contributed by atoms with van der Waals surface area (Å²) in [6, 6.07) is 3.85. The summed E-state index contributed by atoms with van der Waals surface area (Å²) in [5, 5.41) is 9.71. The predicted molar refractivity (Wildman–Crippen MR) is 56.0 cm³/mol. The largest absolute Gasteiger partial charge is 0.389 e. The Morgan fingerprint density at radius 1 is 1.50 bits per heavy atom. The van der Waals surface area contributed by atoms with E-state index in [9.17, 15) is 0 Å². The summed E-state index contributed by atoms with van der Waals surface area (Å²) in [4.78, 5) is 9.48. The summed E-state index contributed by atoms with van der Waals surface area (Å²) in [7, 11) is 0. The van der Waals surface area contributed by atoms with Crippen LogP contribution in [0.15, 0.2) is 24.5 Å². The maximum atomic E-state index is 8.95. The molecule has 0 bridgehead atoms. The van der Waals surface area contributed by atoms with Gasteiger partial charge < -0.3 is 5.11 Å². The third kappa shape index (κ3) is 1.66. The summed E-state index contributed by atoms with van der Waals surface area (Å²) in [6.07, 6.45) is 3.52. The number of rotatable bonds is 2. The Kier molecular flexibility index (Phi) is 2.56. The van der Waals surface area contributed by atoms with Gasteiger partial charge in [-0.05, 0) is 19.1 Å². The molecule has 1 N–H and O–H groups in total. The Hall–Kier alpha value is -1.26. The molecule has 0 aromatic carbocycles. The van der Waals surface area contributed by atoms with Crippen LogP contribution >= 0.6 is 11.3 Å². The van der Waals surface area contributed by atoms with Gasteiger partial charge in [0.05, 0.1) is 12.3 Å². The Balaban J connectivity index is 2.46. The molecule has 3 nitrogen and oxygen atoms in total. The second-order valence-electron chi connectivity index (χ2n) is 2.91. The molecule has 0 radical (unpaired) electrons. The highest BCUT2D eigenvalue weighted by molar-refractivity contribution is 7.12. The molecule has 0 saturated carbocycles. The highest BCUT2D eigenvalue weighted by Crippen LogP contribution is 2.26. The number of nitrogens with zero attached hydrogens (tertiary/aromatic N) is 2. The summed E-state index contributed by atoms with van der Waals surface area (Å²) in [5.74, 6) is 0. The molecular formula is C10H10N2OS. The second kappa shape index (κ2) is 3.86. The zero-order chi connectivity index (χ0) is 9.97. The van der Waals surface area contributed by atoms with E-state index in [2.05, 4.69) is 9.97 Å². The maximum absolute atomic E-state index is 8.95. The molecule has 2 aromatic rings. The van der Waals surface area contributed by atoms with E-state index in [4.69, 9.17) is 5.11 Å². The normalized spacial score (nSPS) is 10.4. The summed E-state index contributed by atoms with van der Waals surface area (Å²) in [5.41, 5.74) is 1.92. The molecule has 2 aromatic heterocycles. The van der Waals surface area contributed by atoms with Gasteiger partial charge in [-0.3, -0.25) is 4.98 Å². The van der Waals surface area contributed by atoms with Crippen molar-refractivity contribution in [1.29, 1.82) is 0 Å². The van der Waals surface area contributed by atoms with Crippen LogP contribution in [-0.2, 0) is 6.61 Å². The van der Waals surface area contributed by atoms with Crippen molar-refractivity contribution in [2.75, 3.05) is 0 Å². The molecule has 0 atom stereocenters. The third-order valence-corrected chi connectivity index (χ3v) is 2.87. The minimum absolute atomic E-state index is 0.00572. The number of thiazole rings is 1. The van der Waals surface area contributed by atoms with E-state index in [0.717, 1.165) is 21.1 Å². The Bertz CT molecular complexity index is 425. The molecule has 2 heterocycles. The number of hydrogen-bond acceptors (Lipinski definition) is 4. The van der Waals surface area contributed by atoms with Gasteiger partial charge in [0.25, 0.3) is 0 Å². The van der Waals surface area contributed by atoms with Gasteiger partial charge in [0.2, 0.25) is 0 Å². The number of aromatic nitrogens is 2. The highest BCUT2D eigenvalue weighted by atomic mass is 32.1. The Morgan fingerprint density at radius 3 is 2.93 bits per heavy atom. The fourth-order valence-electron chi connectivity index (χ4n) is 1.29. The van der Waals surface area contributed by atoms with Crippen LogP contribution in [0.2, 0.25) is 0 Å². The fraction of sp³-hybridized carbons (Fsp3) is 0.200. The third-order valence-electron chi connectivity index (χ3n) is 1.91. The molecule has 4 heteroatoms. The monoisotopic (exact) mass is 206 g/mol. The molecular weight excluding hydrogens is 196 g/mol. The quantitative estimate of drug-likeness (QED) is 0.817. The lowest BCUT2D eigenvalue weighted by Crippen LogP contribution is -1.83. The van der Waals surface area contributed by atoms with Gasteiger partial charge in [-0.25, -0.2) is 4.98 Å². The van der Waals surface area contributed by atoms with Crippen LogP contribution in [0.25, 0.3) is 11.3 Å². The Morgan fingerprint density at radius 2 is 2.36 bits per heavy atom. The average Bonchev–Trinajstić information content (AvgIpc) is 2.61. The van der Waals surface area contributed by atoms with Crippen LogP contribution in [0.4, 0.5) is 0 Å². The zero-order valence-corrected chi connectivity index (χ0v) is 8.58. The van der Waals surface area contributed by atoms with Crippen molar-refractivity contribution in [3.8, 4) is 11.3 Å². The van der Waals surface area contributed by atoms with Crippen molar-refractivity contribution in [2.45, 2.75) is 13.5 Å². The molecule has 0 amide bonds. The van der Waals surface area contributed by atoms with Crippen molar-refractivity contribution >= 4 is 11.3 Å². The molecule has 0 unspecified atom stereocenters. The summed E-state index contributed by atoms with van der Waals surface area (Å²) in [6.45, 7) is 2.00. The lowest BCUT2D eigenvalue weighted by atomic mass is 10.2. The lowest BCUT2D eigenvalue weighted by Gasteiger charge is -1.95. The minimum Gasteiger partial charge on any atom is -0.389 e. The van der Waals surface area contributed by atoms with E-state index in [0.29, 0.717) is 0 Å². The standard InChI is InChI=1S/C10H10N2OS/c1-7-10(12-9(6-13)14-7)8-3-2-4-11-5-8/h2-5,13H,6H2,1H3. The van der Waals surface area contributed by atoms with Gasteiger partial charge in [0.1, 0.15) is 5.01 Å². The van der Waals surface area contributed by atoms with Crippen molar-refractivity contribution < 1.29 is 5.11 Å². The Labute approximate surface area is 86.1 Å². The topological polar surface area (TPSA) is 46.0 Å². The first-order valence-corrected chi connectivity index (χ1v) is 5.10. The molecule has 0 spiro atoms. The molecule has 0 aliphatic rings. The van der Waals surface area contributed by atoms with Crippen LogP contribution < -0.4 is 0 Å². The van der Waals surface area contributed by atoms with E-state index in [-0.39, 0.29) is 6.61 Å². The van der Waals surface area contributed by atoms with Gasteiger partial charge in [-0.1, -0.05) is 0 Å². The number of hydrogen-bond donors (Lipinski definition) is 1. The van der Waals surface area contributed by atoms with Gasteiger partial charge in [0.15, 0.2) is 0 Å². The van der Waals surface area contributed by atoms with Crippen molar-refractivity contribution in [2.24, 2.45) is 0 Å². The van der Waals surface area contributed by atoms with Crippen LogP contribution in [0, 0.1) is 6.92 Å². The molecule has 72 valence electrons. The lowest BCUT2D eigenvalue weighted by molar-refractivity contribution is 0.281. The number of aliphatic hydroxyl groups is 1. The molecule has 0 aliphatic heterocycles. The van der Waals surface area contributed by atoms with Crippen LogP contribution in [0.5, 0.6) is 0 Å². The number of aliphatic hydroxyl groups excluding tert-OH is 1. The minimum atomic E-state index is 0.00572. The zero-order valence-electron chi connectivity index (χ0n) is 7.77. The van der Waals surface area contributed by atoms with Crippen molar-refractivity contribution in [3.63, 3.8) is 0 Å². The van der Waals surface area contributed by atoms with Crippen LogP contribution in [0.1, 0.15) is 9.88 Å². The van der Waals surface area contributed by atoms with Crippen LogP contribution in [-0.4, -0.2) is 15.1 Å². The maximum Gasteiger partial charge on any atom is 0.119 e. The SMILES string of the molecule is Cc1sc(CO)nc1-c1cccnc1. The first-order valence-electron chi connectivity index (χ1n) is 4.29. The first kappa shape index (κ1) is 9.30.